The molecule has 0 heterocycles. The van der Waals surface area contributed by atoms with Crippen LogP contribution in [0.3, 0.4) is 0 Å². The number of carbonyl (C=O) groups excluding carboxylic acids is 1. The molecule has 0 aliphatic carbocycles. The van der Waals surface area contributed by atoms with Crippen molar-refractivity contribution in [2.45, 2.75) is 27.2 Å². The molecular weight excluding hydrogens is 346 g/mol. The topological polar surface area (TPSA) is 84.9 Å². The van der Waals surface area contributed by atoms with E-state index in [2.05, 4.69) is 37.4 Å². The summed E-state index contributed by atoms with van der Waals surface area (Å²) in [5, 5.41) is 11.6. The van der Waals surface area contributed by atoms with Crippen molar-refractivity contribution in [3.05, 3.63) is 58.7 Å². The minimum atomic E-state index is -1.08. The van der Waals surface area contributed by atoms with Crippen molar-refractivity contribution in [1.29, 1.82) is 0 Å². The number of hydrogen-bond acceptors (Lipinski definition) is 4. The van der Waals surface area contributed by atoms with Gasteiger partial charge in [-0.1, -0.05) is 29.3 Å². The van der Waals surface area contributed by atoms with Crippen molar-refractivity contribution in [3.63, 3.8) is 0 Å². The molecule has 0 aliphatic heterocycles. The van der Waals surface area contributed by atoms with Gasteiger partial charge in [0, 0.05) is 12.1 Å². The van der Waals surface area contributed by atoms with Crippen LogP contribution in [0.4, 0.5) is 0 Å². The minimum Gasteiger partial charge on any atom is -0.490 e. The molecule has 0 aliphatic rings. The van der Waals surface area contributed by atoms with E-state index >= 15 is 0 Å². The van der Waals surface area contributed by atoms with E-state index in [9.17, 15) is 9.59 Å². The fourth-order valence-electron chi connectivity index (χ4n) is 2.81. The number of nitrogens with one attached hydrogen (secondary N) is 1. The van der Waals surface area contributed by atoms with E-state index < -0.39 is 12.6 Å². The number of carboxylic acid groups (broad SMARTS) is 1. The molecule has 6 nitrogen and oxygen atoms in total. The van der Waals surface area contributed by atoms with Gasteiger partial charge in [0.15, 0.2) is 18.1 Å². The molecule has 27 heavy (non-hydrogen) atoms. The van der Waals surface area contributed by atoms with Gasteiger partial charge >= 0.3 is 5.97 Å². The third kappa shape index (κ3) is 6.33. The second-order valence-corrected chi connectivity index (χ2v) is 6.28. The third-order valence-electron chi connectivity index (χ3n) is 3.84. The SMILES string of the molecule is CCOc1cc(C(=O)NCCc2cc(C)cc(C)c2)ccc1OCC(=O)O. The Kier molecular flexibility index (Phi) is 7.23. The largest absolute Gasteiger partial charge is 0.490 e. The Balaban J connectivity index is 2.00. The van der Waals surface area contributed by atoms with Crippen LogP contribution in [-0.2, 0) is 11.2 Å². The summed E-state index contributed by atoms with van der Waals surface area (Å²) in [6.07, 6.45) is 0.742. The van der Waals surface area contributed by atoms with Crippen molar-refractivity contribution in [2.75, 3.05) is 19.8 Å². The molecule has 2 N–H and O–H groups in total. The summed E-state index contributed by atoms with van der Waals surface area (Å²) in [6, 6.07) is 11.0. The zero-order chi connectivity index (χ0) is 19.8. The average Bonchev–Trinajstić information content (AvgIpc) is 2.59. The lowest BCUT2D eigenvalue weighted by molar-refractivity contribution is -0.139. The normalized spacial score (nSPS) is 10.3. The molecule has 0 bridgehead atoms. The molecule has 2 rings (SSSR count). The first kappa shape index (κ1) is 20.3. The highest BCUT2D eigenvalue weighted by atomic mass is 16.5. The second-order valence-electron chi connectivity index (χ2n) is 6.28. The summed E-state index contributed by atoms with van der Waals surface area (Å²) in [4.78, 5) is 23.1. The Hall–Kier alpha value is -3.02. The van der Waals surface area contributed by atoms with Crippen LogP contribution in [-0.4, -0.2) is 36.7 Å². The van der Waals surface area contributed by atoms with Gasteiger partial charge in [-0.25, -0.2) is 4.79 Å². The first-order chi connectivity index (χ1) is 12.9. The van der Waals surface area contributed by atoms with Gasteiger partial charge in [0.1, 0.15) is 0 Å². The number of carboxylic acids is 1. The number of amides is 1. The summed E-state index contributed by atoms with van der Waals surface area (Å²) < 4.78 is 10.7. The number of hydrogen-bond donors (Lipinski definition) is 2. The molecule has 0 saturated carbocycles. The summed E-state index contributed by atoms with van der Waals surface area (Å²) in [6.45, 7) is 6.33. The summed E-state index contributed by atoms with van der Waals surface area (Å²) in [7, 11) is 0. The molecule has 0 spiro atoms. The Morgan fingerprint density at radius 3 is 2.33 bits per heavy atom. The molecule has 0 aromatic heterocycles. The van der Waals surface area contributed by atoms with E-state index in [0.717, 1.165) is 6.42 Å². The molecule has 144 valence electrons. The molecule has 0 radical (unpaired) electrons. The lowest BCUT2D eigenvalue weighted by Gasteiger charge is -2.12. The maximum atomic E-state index is 12.4. The van der Waals surface area contributed by atoms with Crippen LogP contribution in [0.1, 0.15) is 34.0 Å². The Bertz CT molecular complexity index is 796. The molecular formula is C21H25NO5. The quantitative estimate of drug-likeness (QED) is 0.707. The van der Waals surface area contributed by atoms with Gasteiger partial charge in [-0.3, -0.25) is 4.79 Å². The van der Waals surface area contributed by atoms with Crippen molar-refractivity contribution >= 4 is 11.9 Å². The Labute approximate surface area is 159 Å². The minimum absolute atomic E-state index is 0.217. The predicted octanol–water partition coefficient (Wildman–Crippen LogP) is 3.14. The first-order valence-electron chi connectivity index (χ1n) is 8.86. The van der Waals surface area contributed by atoms with E-state index in [-0.39, 0.29) is 5.91 Å². The van der Waals surface area contributed by atoms with Crippen LogP contribution >= 0.6 is 0 Å². The molecule has 0 saturated heterocycles. The van der Waals surface area contributed by atoms with E-state index in [0.29, 0.717) is 30.2 Å². The molecule has 6 heteroatoms. The maximum absolute atomic E-state index is 12.4. The summed E-state index contributed by atoms with van der Waals surface area (Å²) in [5.74, 6) is -0.650. The van der Waals surface area contributed by atoms with Gasteiger partial charge < -0.3 is 19.9 Å². The highest BCUT2D eigenvalue weighted by Gasteiger charge is 2.12. The van der Waals surface area contributed by atoms with Gasteiger partial charge in [-0.15, -0.1) is 0 Å². The molecule has 0 unspecified atom stereocenters. The van der Waals surface area contributed by atoms with Gasteiger partial charge in [0.25, 0.3) is 5.91 Å². The van der Waals surface area contributed by atoms with E-state index in [4.69, 9.17) is 14.6 Å². The molecule has 1 amide bonds. The van der Waals surface area contributed by atoms with Crippen molar-refractivity contribution in [1.82, 2.24) is 5.32 Å². The Morgan fingerprint density at radius 1 is 1.00 bits per heavy atom. The van der Waals surface area contributed by atoms with E-state index in [1.807, 2.05) is 0 Å². The van der Waals surface area contributed by atoms with Crippen LogP contribution in [0.5, 0.6) is 11.5 Å². The number of ether oxygens (including phenoxy) is 2. The van der Waals surface area contributed by atoms with Crippen LogP contribution in [0, 0.1) is 13.8 Å². The van der Waals surface area contributed by atoms with Crippen LogP contribution < -0.4 is 14.8 Å². The van der Waals surface area contributed by atoms with Gasteiger partial charge in [0.2, 0.25) is 0 Å². The van der Waals surface area contributed by atoms with Crippen molar-refractivity contribution in [3.8, 4) is 11.5 Å². The molecule has 2 aromatic carbocycles. The fraction of sp³-hybridized carbons (Fsp3) is 0.333. The summed E-state index contributed by atoms with van der Waals surface area (Å²) in [5.41, 5.74) is 4.02. The third-order valence-corrected chi connectivity index (χ3v) is 3.84. The van der Waals surface area contributed by atoms with E-state index in [1.165, 1.54) is 16.7 Å². The predicted molar refractivity (Wildman–Crippen MR) is 103 cm³/mol. The van der Waals surface area contributed by atoms with Crippen molar-refractivity contribution < 1.29 is 24.2 Å². The first-order valence-corrected chi connectivity index (χ1v) is 8.86. The lowest BCUT2D eigenvalue weighted by atomic mass is 10.1. The monoisotopic (exact) mass is 371 g/mol. The Morgan fingerprint density at radius 2 is 1.70 bits per heavy atom. The lowest BCUT2D eigenvalue weighted by Crippen LogP contribution is -2.25. The van der Waals surface area contributed by atoms with E-state index in [1.54, 1.807) is 25.1 Å². The second kappa shape index (κ2) is 9.62. The number of rotatable bonds is 9. The fourth-order valence-corrected chi connectivity index (χ4v) is 2.81. The highest BCUT2D eigenvalue weighted by molar-refractivity contribution is 5.94. The molecule has 0 atom stereocenters. The summed E-state index contributed by atoms with van der Waals surface area (Å²) >= 11 is 0. The number of aliphatic carboxylic acids is 1. The van der Waals surface area contributed by atoms with Gasteiger partial charge in [-0.05, 0) is 51.0 Å². The number of carbonyl (C=O) groups is 2. The highest BCUT2D eigenvalue weighted by Crippen LogP contribution is 2.28. The number of aryl methyl sites for hydroxylation is 2. The van der Waals surface area contributed by atoms with Crippen LogP contribution in [0.25, 0.3) is 0 Å². The van der Waals surface area contributed by atoms with Gasteiger partial charge in [-0.2, -0.15) is 0 Å². The van der Waals surface area contributed by atoms with Crippen LogP contribution in [0.2, 0.25) is 0 Å². The average molecular weight is 371 g/mol. The van der Waals surface area contributed by atoms with Crippen molar-refractivity contribution in [2.24, 2.45) is 0 Å². The number of benzene rings is 2. The smallest absolute Gasteiger partial charge is 0.341 e. The standard InChI is InChI=1S/C21H25NO5/c1-4-26-19-12-17(5-6-18(19)27-13-20(23)24)21(25)22-8-7-16-10-14(2)9-15(3)11-16/h5-6,9-12H,4,7-8,13H2,1-3H3,(H,22,25)(H,23,24). The zero-order valence-corrected chi connectivity index (χ0v) is 15.9. The maximum Gasteiger partial charge on any atom is 0.341 e. The van der Waals surface area contributed by atoms with Crippen LogP contribution in [0.15, 0.2) is 36.4 Å². The molecule has 2 aromatic rings. The zero-order valence-electron chi connectivity index (χ0n) is 15.9. The molecule has 0 fully saturated rings. The van der Waals surface area contributed by atoms with Gasteiger partial charge in [0.05, 0.1) is 6.61 Å².